The molecule has 2 aromatic rings. The zero-order valence-electron chi connectivity index (χ0n) is 17.8. The Hall–Kier alpha value is -3.52. The molecule has 2 aromatic carbocycles. The van der Waals surface area contributed by atoms with Crippen molar-refractivity contribution >= 4 is 23.6 Å². The normalized spacial score (nSPS) is 18.4. The van der Waals surface area contributed by atoms with Gasteiger partial charge in [-0.15, -0.1) is 0 Å². The SMILES string of the molecule is COc1ccc(C(=O)[C@@H](C)OC(=O)c2ccc3c(c2)C(=O)N(C[C@H]2CCCO2)C3=O)cc1. The Kier molecular flexibility index (Phi) is 6.05. The summed E-state index contributed by atoms with van der Waals surface area (Å²) in [7, 11) is 1.53. The van der Waals surface area contributed by atoms with E-state index in [0.717, 1.165) is 17.7 Å². The highest BCUT2D eigenvalue weighted by atomic mass is 16.5. The number of hydrogen-bond acceptors (Lipinski definition) is 7. The van der Waals surface area contributed by atoms with E-state index in [2.05, 4.69) is 0 Å². The fourth-order valence-electron chi connectivity index (χ4n) is 3.85. The summed E-state index contributed by atoms with van der Waals surface area (Å²) in [5, 5.41) is 0. The van der Waals surface area contributed by atoms with E-state index in [0.29, 0.717) is 17.9 Å². The predicted octanol–water partition coefficient (Wildman–Crippen LogP) is 2.90. The number of Topliss-reactive ketones (excluding diaryl/α,β-unsaturated/α-hetero) is 1. The molecule has 2 amide bonds. The number of ether oxygens (including phenoxy) is 3. The summed E-state index contributed by atoms with van der Waals surface area (Å²) in [6.45, 7) is 2.30. The van der Waals surface area contributed by atoms with Crippen LogP contribution in [0.4, 0.5) is 0 Å². The summed E-state index contributed by atoms with van der Waals surface area (Å²) in [6, 6.07) is 10.7. The number of imide groups is 1. The molecule has 0 N–H and O–H groups in total. The van der Waals surface area contributed by atoms with Crippen LogP contribution in [0.15, 0.2) is 42.5 Å². The number of ketones is 1. The van der Waals surface area contributed by atoms with Gasteiger partial charge in [0.05, 0.1) is 36.4 Å². The molecular formula is C24H23NO7. The lowest BCUT2D eigenvalue weighted by Gasteiger charge is -2.17. The highest BCUT2D eigenvalue weighted by Gasteiger charge is 2.38. The second kappa shape index (κ2) is 8.92. The summed E-state index contributed by atoms with van der Waals surface area (Å²) < 4.78 is 15.9. The lowest BCUT2D eigenvalue weighted by atomic mass is 10.1. The Bertz CT molecular complexity index is 1070. The Labute approximate surface area is 185 Å². The summed E-state index contributed by atoms with van der Waals surface area (Å²) >= 11 is 0. The molecule has 2 heterocycles. The number of carbonyl (C=O) groups excluding carboxylic acids is 4. The molecule has 2 aliphatic rings. The molecule has 0 aromatic heterocycles. The van der Waals surface area contributed by atoms with Gasteiger partial charge in [0, 0.05) is 12.2 Å². The van der Waals surface area contributed by atoms with Gasteiger partial charge in [0.15, 0.2) is 6.10 Å². The third-order valence-electron chi connectivity index (χ3n) is 5.64. The topological polar surface area (TPSA) is 99.2 Å². The minimum absolute atomic E-state index is 0.0956. The van der Waals surface area contributed by atoms with E-state index >= 15 is 0 Å². The highest BCUT2D eigenvalue weighted by Crippen LogP contribution is 2.26. The second-order valence-electron chi connectivity index (χ2n) is 7.76. The van der Waals surface area contributed by atoms with Crippen molar-refractivity contribution in [3.63, 3.8) is 0 Å². The largest absolute Gasteiger partial charge is 0.497 e. The van der Waals surface area contributed by atoms with Crippen LogP contribution in [-0.2, 0) is 9.47 Å². The highest BCUT2D eigenvalue weighted by molar-refractivity contribution is 6.22. The maximum atomic E-state index is 12.8. The van der Waals surface area contributed by atoms with Crippen LogP contribution in [0.3, 0.4) is 0 Å². The zero-order chi connectivity index (χ0) is 22.8. The fraction of sp³-hybridized carbons (Fsp3) is 0.333. The van der Waals surface area contributed by atoms with Crippen LogP contribution in [0.25, 0.3) is 0 Å². The first-order valence-corrected chi connectivity index (χ1v) is 10.4. The Morgan fingerprint density at radius 1 is 1.06 bits per heavy atom. The molecule has 0 aliphatic carbocycles. The van der Waals surface area contributed by atoms with Gasteiger partial charge in [0.1, 0.15) is 5.75 Å². The van der Waals surface area contributed by atoms with Gasteiger partial charge in [-0.05, 0) is 62.2 Å². The lowest BCUT2D eigenvalue weighted by molar-refractivity contribution is 0.0318. The minimum Gasteiger partial charge on any atom is -0.497 e. The molecule has 1 fully saturated rings. The van der Waals surface area contributed by atoms with E-state index in [9.17, 15) is 19.2 Å². The van der Waals surface area contributed by atoms with Crippen LogP contribution >= 0.6 is 0 Å². The Morgan fingerprint density at radius 2 is 1.75 bits per heavy atom. The van der Waals surface area contributed by atoms with E-state index in [1.54, 1.807) is 24.3 Å². The van der Waals surface area contributed by atoms with Gasteiger partial charge in [-0.25, -0.2) is 4.79 Å². The average Bonchev–Trinajstić information content (AvgIpc) is 3.41. The van der Waals surface area contributed by atoms with Gasteiger partial charge in [0.2, 0.25) is 5.78 Å². The molecule has 0 unspecified atom stereocenters. The van der Waals surface area contributed by atoms with Crippen LogP contribution in [0.1, 0.15) is 61.2 Å². The maximum Gasteiger partial charge on any atom is 0.338 e. The lowest BCUT2D eigenvalue weighted by Crippen LogP contribution is -2.36. The van der Waals surface area contributed by atoms with Gasteiger partial charge in [-0.1, -0.05) is 0 Å². The van der Waals surface area contributed by atoms with E-state index in [1.165, 1.54) is 32.2 Å². The van der Waals surface area contributed by atoms with Gasteiger partial charge >= 0.3 is 5.97 Å². The molecule has 0 radical (unpaired) electrons. The standard InChI is InChI=1S/C24H23NO7/c1-14(21(26)15-5-8-17(30-2)9-6-15)32-24(29)16-7-10-19-20(12-16)23(28)25(22(19)27)13-18-4-3-11-31-18/h5-10,12,14,18H,3-4,11,13H2,1-2H3/t14-,18-/m1/s1. The van der Waals surface area contributed by atoms with Crippen LogP contribution in [0.5, 0.6) is 5.75 Å². The first kappa shape index (κ1) is 21.7. The predicted molar refractivity (Wildman–Crippen MR) is 113 cm³/mol. The van der Waals surface area contributed by atoms with Gasteiger partial charge in [-0.2, -0.15) is 0 Å². The van der Waals surface area contributed by atoms with Crippen molar-refractivity contribution in [1.29, 1.82) is 0 Å². The molecule has 4 rings (SSSR count). The third-order valence-corrected chi connectivity index (χ3v) is 5.64. The van der Waals surface area contributed by atoms with E-state index in [1.807, 2.05) is 0 Å². The summed E-state index contributed by atoms with van der Waals surface area (Å²) in [5.74, 6) is -1.37. The number of carbonyl (C=O) groups is 4. The molecule has 2 aliphatic heterocycles. The molecule has 1 saturated heterocycles. The average molecular weight is 437 g/mol. The number of nitrogens with zero attached hydrogens (tertiary/aromatic N) is 1. The number of esters is 1. The van der Waals surface area contributed by atoms with Crippen molar-refractivity contribution in [2.75, 3.05) is 20.3 Å². The summed E-state index contributed by atoms with van der Waals surface area (Å²) in [4.78, 5) is 51.7. The molecule has 32 heavy (non-hydrogen) atoms. The number of rotatable bonds is 7. The van der Waals surface area contributed by atoms with E-state index in [4.69, 9.17) is 14.2 Å². The van der Waals surface area contributed by atoms with Crippen molar-refractivity contribution < 1.29 is 33.4 Å². The minimum atomic E-state index is -1.03. The van der Waals surface area contributed by atoms with E-state index < -0.39 is 23.9 Å². The molecule has 0 saturated carbocycles. The van der Waals surface area contributed by atoms with Crippen LogP contribution in [0, 0.1) is 0 Å². The fourth-order valence-corrected chi connectivity index (χ4v) is 3.85. The number of benzene rings is 2. The van der Waals surface area contributed by atoms with Crippen molar-refractivity contribution in [1.82, 2.24) is 4.90 Å². The molecular weight excluding hydrogens is 414 g/mol. The van der Waals surface area contributed by atoms with Gasteiger partial charge in [-0.3, -0.25) is 19.3 Å². The Balaban J connectivity index is 1.45. The molecule has 0 spiro atoms. The van der Waals surface area contributed by atoms with E-state index in [-0.39, 0.29) is 35.1 Å². The Morgan fingerprint density at radius 3 is 2.41 bits per heavy atom. The smallest absolute Gasteiger partial charge is 0.338 e. The van der Waals surface area contributed by atoms with Crippen molar-refractivity contribution in [2.24, 2.45) is 0 Å². The van der Waals surface area contributed by atoms with Gasteiger partial charge < -0.3 is 14.2 Å². The molecule has 2 atom stereocenters. The van der Waals surface area contributed by atoms with Crippen LogP contribution in [-0.4, -0.2) is 60.9 Å². The molecule has 0 bridgehead atoms. The number of amides is 2. The van der Waals surface area contributed by atoms with Crippen LogP contribution < -0.4 is 4.74 Å². The van der Waals surface area contributed by atoms with Crippen LogP contribution in [0.2, 0.25) is 0 Å². The number of hydrogen-bond donors (Lipinski definition) is 0. The maximum absolute atomic E-state index is 12.8. The quantitative estimate of drug-likeness (QED) is 0.373. The van der Waals surface area contributed by atoms with Gasteiger partial charge in [0.25, 0.3) is 11.8 Å². The zero-order valence-corrected chi connectivity index (χ0v) is 17.8. The molecule has 166 valence electrons. The third kappa shape index (κ3) is 4.13. The van der Waals surface area contributed by atoms with Crippen molar-refractivity contribution in [3.05, 3.63) is 64.7 Å². The monoisotopic (exact) mass is 437 g/mol. The first-order chi connectivity index (χ1) is 15.4. The van der Waals surface area contributed by atoms with Crippen molar-refractivity contribution in [2.45, 2.75) is 32.0 Å². The number of methoxy groups -OCH3 is 1. The second-order valence-corrected chi connectivity index (χ2v) is 7.76. The van der Waals surface area contributed by atoms with Crippen molar-refractivity contribution in [3.8, 4) is 5.75 Å². The number of fused-ring (bicyclic) bond motifs is 1. The summed E-state index contributed by atoms with van der Waals surface area (Å²) in [5.41, 5.74) is 0.868. The summed E-state index contributed by atoms with van der Waals surface area (Å²) in [6.07, 6.45) is 0.506. The first-order valence-electron chi connectivity index (χ1n) is 10.4. The molecule has 8 heteroatoms. The molecule has 8 nitrogen and oxygen atoms in total.